The van der Waals surface area contributed by atoms with Crippen molar-refractivity contribution in [3.63, 3.8) is 0 Å². The number of allylic oxidation sites excluding steroid dienone is 4. The first kappa shape index (κ1) is 14.6. The summed E-state index contributed by atoms with van der Waals surface area (Å²) in [6.45, 7) is 6.83. The van der Waals surface area contributed by atoms with Gasteiger partial charge < -0.3 is 0 Å². The van der Waals surface area contributed by atoms with E-state index < -0.39 is 0 Å². The molecule has 0 N–H and O–H groups in total. The van der Waals surface area contributed by atoms with Crippen LogP contribution in [-0.4, -0.2) is 6.21 Å². The molecule has 0 aromatic rings. The molecule has 2 aliphatic rings. The summed E-state index contributed by atoms with van der Waals surface area (Å²) in [6, 6.07) is 0. The standard InChI is InChI=1S/C18H29N/c1-4-8-15(5-2)9-6-7-10-16-12-17(16)18-11-14(3)13-19-18/h7,10-11,13-17H,4-6,8-9,12H2,1-3H3/b10-7-/t14?,15?,16?,17-/m0/s1. The summed E-state index contributed by atoms with van der Waals surface area (Å²) in [7, 11) is 0. The molecule has 1 heterocycles. The zero-order valence-electron chi connectivity index (χ0n) is 12.8. The lowest BCUT2D eigenvalue weighted by Crippen LogP contribution is -1.96. The minimum absolute atomic E-state index is 0.555. The van der Waals surface area contributed by atoms with E-state index in [1.54, 1.807) is 0 Å². The Hall–Kier alpha value is -0.850. The van der Waals surface area contributed by atoms with Gasteiger partial charge in [-0.2, -0.15) is 0 Å². The monoisotopic (exact) mass is 259 g/mol. The fraction of sp³-hybridized carbons (Fsp3) is 0.722. The Morgan fingerprint density at radius 3 is 2.84 bits per heavy atom. The molecule has 4 atom stereocenters. The smallest absolute Gasteiger partial charge is 0.0403 e. The van der Waals surface area contributed by atoms with E-state index in [2.05, 4.69) is 50.2 Å². The average Bonchev–Trinajstić information content (AvgIpc) is 3.06. The molecule has 1 heteroatoms. The summed E-state index contributed by atoms with van der Waals surface area (Å²) in [5.41, 5.74) is 1.35. The Morgan fingerprint density at radius 1 is 1.37 bits per heavy atom. The summed E-state index contributed by atoms with van der Waals surface area (Å²) < 4.78 is 0. The third kappa shape index (κ3) is 4.33. The zero-order chi connectivity index (χ0) is 13.7. The first-order chi connectivity index (χ1) is 9.24. The van der Waals surface area contributed by atoms with Gasteiger partial charge in [0, 0.05) is 23.7 Å². The maximum absolute atomic E-state index is 4.53. The molecule has 19 heavy (non-hydrogen) atoms. The van der Waals surface area contributed by atoms with Crippen molar-refractivity contribution >= 4 is 6.21 Å². The van der Waals surface area contributed by atoms with Gasteiger partial charge in [-0.3, -0.25) is 4.99 Å². The molecular formula is C18H29N. The maximum atomic E-state index is 4.53. The topological polar surface area (TPSA) is 12.4 Å². The van der Waals surface area contributed by atoms with Crippen LogP contribution in [0.5, 0.6) is 0 Å². The van der Waals surface area contributed by atoms with Crippen molar-refractivity contribution in [1.82, 2.24) is 0 Å². The zero-order valence-corrected chi connectivity index (χ0v) is 12.8. The molecule has 0 aromatic carbocycles. The van der Waals surface area contributed by atoms with Crippen LogP contribution in [-0.2, 0) is 0 Å². The third-order valence-electron chi connectivity index (χ3n) is 4.51. The Bertz CT molecular complexity index is 364. The molecule has 1 aliphatic heterocycles. The van der Waals surface area contributed by atoms with Crippen molar-refractivity contribution in [2.24, 2.45) is 28.7 Å². The number of rotatable bonds is 8. The van der Waals surface area contributed by atoms with Crippen LogP contribution in [0.25, 0.3) is 0 Å². The van der Waals surface area contributed by atoms with Crippen molar-refractivity contribution < 1.29 is 0 Å². The lowest BCUT2D eigenvalue weighted by Gasteiger charge is -2.11. The van der Waals surface area contributed by atoms with Gasteiger partial charge in [0.1, 0.15) is 0 Å². The Labute approximate surface area is 118 Å². The molecule has 3 unspecified atom stereocenters. The van der Waals surface area contributed by atoms with Gasteiger partial charge in [-0.05, 0) is 31.1 Å². The van der Waals surface area contributed by atoms with Gasteiger partial charge in [0.05, 0.1) is 0 Å². The van der Waals surface area contributed by atoms with Gasteiger partial charge >= 0.3 is 0 Å². The molecular weight excluding hydrogens is 230 g/mol. The number of hydrogen-bond donors (Lipinski definition) is 0. The van der Waals surface area contributed by atoms with Crippen LogP contribution in [0.1, 0.15) is 59.3 Å². The highest BCUT2D eigenvalue weighted by Gasteiger charge is 2.38. The van der Waals surface area contributed by atoms with E-state index in [9.17, 15) is 0 Å². The van der Waals surface area contributed by atoms with Crippen molar-refractivity contribution in [2.45, 2.75) is 59.3 Å². The number of hydrogen-bond acceptors (Lipinski definition) is 1. The fourth-order valence-electron chi connectivity index (χ4n) is 3.11. The molecule has 0 bridgehead atoms. The van der Waals surface area contributed by atoms with E-state index in [-0.39, 0.29) is 0 Å². The van der Waals surface area contributed by atoms with Crippen LogP contribution in [0.15, 0.2) is 28.9 Å². The molecule has 0 amide bonds. The van der Waals surface area contributed by atoms with E-state index in [0.29, 0.717) is 5.92 Å². The van der Waals surface area contributed by atoms with Crippen molar-refractivity contribution in [2.75, 3.05) is 0 Å². The second-order valence-electron chi connectivity index (χ2n) is 6.30. The van der Waals surface area contributed by atoms with E-state index in [4.69, 9.17) is 0 Å². The summed E-state index contributed by atoms with van der Waals surface area (Å²) in [5.74, 6) is 3.00. The highest BCUT2D eigenvalue weighted by molar-refractivity contribution is 5.68. The number of aliphatic imine (C=N–C) groups is 1. The quantitative estimate of drug-likeness (QED) is 0.518. The normalized spacial score (nSPS) is 30.9. The van der Waals surface area contributed by atoms with Crippen molar-refractivity contribution in [3.8, 4) is 0 Å². The van der Waals surface area contributed by atoms with E-state index in [1.807, 2.05) is 0 Å². The second kappa shape index (κ2) is 7.07. The lowest BCUT2D eigenvalue weighted by molar-refractivity contribution is 0.435. The molecule has 1 nitrogen and oxygen atoms in total. The second-order valence-corrected chi connectivity index (χ2v) is 6.30. The molecule has 1 aliphatic carbocycles. The van der Waals surface area contributed by atoms with Crippen molar-refractivity contribution in [3.05, 3.63) is 23.9 Å². The van der Waals surface area contributed by atoms with Crippen LogP contribution in [0.4, 0.5) is 0 Å². The van der Waals surface area contributed by atoms with Gasteiger partial charge in [-0.15, -0.1) is 0 Å². The van der Waals surface area contributed by atoms with E-state index in [1.165, 1.54) is 44.2 Å². The highest BCUT2D eigenvalue weighted by Crippen LogP contribution is 2.46. The van der Waals surface area contributed by atoms with Gasteiger partial charge in [0.25, 0.3) is 0 Å². The third-order valence-corrected chi connectivity index (χ3v) is 4.51. The van der Waals surface area contributed by atoms with Crippen LogP contribution in [0.3, 0.4) is 0 Å². The Balaban J connectivity index is 1.65. The predicted octanol–water partition coefficient (Wildman–Crippen LogP) is 5.39. The fourth-order valence-corrected chi connectivity index (χ4v) is 3.11. The van der Waals surface area contributed by atoms with Crippen LogP contribution in [0, 0.1) is 23.7 Å². The first-order valence-electron chi connectivity index (χ1n) is 8.17. The highest BCUT2D eigenvalue weighted by atomic mass is 14.8. The SMILES string of the molecule is CCCC(CC)CC/C=C\C1C[C@@H]1C1=CC(C)C=N1. The molecule has 1 fully saturated rings. The van der Waals surface area contributed by atoms with Gasteiger partial charge in [0.2, 0.25) is 0 Å². The summed E-state index contributed by atoms with van der Waals surface area (Å²) >= 11 is 0. The van der Waals surface area contributed by atoms with Crippen LogP contribution < -0.4 is 0 Å². The molecule has 0 radical (unpaired) electrons. The summed E-state index contributed by atoms with van der Waals surface area (Å²) in [5, 5.41) is 0. The number of nitrogens with zero attached hydrogens (tertiary/aromatic N) is 1. The molecule has 106 valence electrons. The molecule has 0 saturated heterocycles. The lowest BCUT2D eigenvalue weighted by atomic mass is 9.95. The summed E-state index contributed by atoms with van der Waals surface area (Å²) in [6.07, 6.45) is 17.3. The van der Waals surface area contributed by atoms with Crippen LogP contribution >= 0.6 is 0 Å². The first-order valence-corrected chi connectivity index (χ1v) is 8.17. The predicted molar refractivity (Wildman–Crippen MR) is 84.4 cm³/mol. The molecule has 2 rings (SSSR count). The molecule has 1 saturated carbocycles. The van der Waals surface area contributed by atoms with Gasteiger partial charge in [-0.1, -0.05) is 58.3 Å². The van der Waals surface area contributed by atoms with E-state index in [0.717, 1.165) is 17.8 Å². The molecule has 0 aromatic heterocycles. The average molecular weight is 259 g/mol. The maximum Gasteiger partial charge on any atom is 0.0403 e. The van der Waals surface area contributed by atoms with Gasteiger partial charge in [0.15, 0.2) is 0 Å². The largest absolute Gasteiger partial charge is 0.265 e. The minimum Gasteiger partial charge on any atom is -0.265 e. The minimum atomic E-state index is 0.555. The molecule has 0 spiro atoms. The summed E-state index contributed by atoms with van der Waals surface area (Å²) in [4.78, 5) is 4.53. The van der Waals surface area contributed by atoms with Crippen molar-refractivity contribution in [1.29, 1.82) is 0 Å². The van der Waals surface area contributed by atoms with Gasteiger partial charge in [-0.25, -0.2) is 0 Å². The Morgan fingerprint density at radius 2 is 2.21 bits per heavy atom. The Kier molecular flexibility index (Phi) is 5.42. The van der Waals surface area contributed by atoms with Crippen LogP contribution in [0.2, 0.25) is 0 Å². The van der Waals surface area contributed by atoms with E-state index >= 15 is 0 Å².